The fourth-order valence-electron chi connectivity index (χ4n) is 2.27. The first-order valence-electron chi connectivity index (χ1n) is 6.64. The summed E-state index contributed by atoms with van der Waals surface area (Å²) in [6, 6.07) is 10.3. The Labute approximate surface area is 117 Å². The van der Waals surface area contributed by atoms with E-state index in [4.69, 9.17) is 0 Å². The molecule has 0 saturated carbocycles. The van der Waals surface area contributed by atoms with Crippen LogP contribution < -0.4 is 5.32 Å². The highest BCUT2D eigenvalue weighted by Gasteiger charge is 2.01. The van der Waals surface area contributed by atoms with E-state index < -0.39 is 0 Å². The average molecular weight is 264 g/mol. The van der Waals surface area contributed by atoms with Crippen LogP contribution >= 0.6 is 0 Å². The molecule has 2 heterocycles. The van der Waals surface area contributed by atoms with E-state index in [0.717, 1.165) is 24.6 Å². The minimum atomic E-state index is 0.741. The van der Waals surface area contributed by atoms with Crippen molar-refractivity contribution < 1.29 is 0 Å². The zero-order valence-corrected chi connectivity index (χ0v) is 11.4. The first kappa shape index (κ1) is 12.7. The number of benzene rings is 1. The number of aromatic nitrogens is 3. The number of hydrogen-bond acceptors (Lipinski definition) is 4. The maximum atomic E-state index is 4.38. The molecule has 0 aliphatic carbocycles. The van der Waals surface area contributed by atoms with Gasteiger partial charge in [-0.15, -0.1) is 0 Å². The average Bonchev–Trinajstić information content (AvgIpc) is 2.48. The maximum Gasteiger partial charge on any atom is 0.125 e. The standard InChI is InChI=1S/C16H16N4/c1-12-19-8-5-15(20-12)11-18-10-14-4-2-3-13-9-17-7-6-16(13)14/h2-9,18H,10-11H2,1H3. The van der Waals surface area contributed by atoms with Gasteiger partial charge in [-0.05, 0) is 30.0 Å². The third-order valence-corrected chi connectivity index (χ3v) is 3.23. The van der Waals surface area contributed by atoms with Gasteiger partial charge >= 0.3 is 0 Å². The van der Waals surface area contributed by atoms with Crippen molar-refractivity contribution >= 4 is 10.8 Å². The molecule has 0 fully saturated rings. The normalized spacial score (nSPS) is 10.8. The summed E-state index contributed by atoms with van der Waals surface area (Å²) in [4.78, 5) is 12.6. The number of nitrogens with zero attached hydrogens (tertiary/aromatic N) is 3. The lowest BCUT2D eigenvalue weighted by Gasteiger charge is -2.08. The first-order chi connectivity index (χ1) is 9.83. The van der Waals surface area contributed by atoms with Gasteiger partial charge in [0, 0.05) is 37.1 Å². The van der Waals surface area contributed by atoms with Crippen LogP contribution in [0.5, 0.6) is 0 Å². The Hall–Kier alpha value is -2.33. The summed E-state index contributed by atoms with van der Waals surface area (Å²) < 4.78 is 0. The van der Waals surface area contributed by atoms with Crippen molar-refractivity contribution in [3.63, 3.8) is 0 Å². The molecule has 1 aromatic carbocycles. The fourth-order valence-corrected chi connectivity index (χ4v) is 2.27. The van der Waals surface area contributed by atoms with Crippen molar-refractivity contribution in [1.29, 1.82) is 0 Å². The Balaban J connectivity index is 1.71. The summed E-state index contributed by atoms with van der Waals surface area (Å²) in [5, 5.41) is 5.84. The minimum Gasteiger partial charge on any atom is -0.307 e. The Kier molecular flexibility index (Phi) is 3.65. The second kappa shape index (κ2) is 5.75. The highest BCUT2D eigenvalue weighted by atomic mass is 14.9. The van der Waals surface area contributed by atoms with Crippen LogP contribution in [0.1, 0.15) is 17.1 Å². The molecule has 0 atom stereocenters. The number of pyridine rings is 1. The summed E-state index contributed by atoms with van der Waals surface area (Å²) in [5.74, 6) is 0.806. The molecule has 4 nitrogen and oxygen atoms in total. The highest BCUT2D eigenvalue weighted by Crippen LogP contribution is 2.17. The van der Waals surface area contributed by atoms with Gasteiger partial charge in [0.15, 0.2) is 0 Å². The van der Waals surface area contributed by atoms with E-state index in [1.807, 2.05) is 25.4 Å². The van der Waals surface area contributed by atoms with Gasteiger partial charge in [-0.3, -0.25) is 4.98 Å². The van der Waals surface area contributed by atoms with Crippen molar-refractivity contribution in [3.05, 3.63) is 66.0 Å². The zero-order valence-electron chi connectivity index (χ0n) is 11.4. The van der Waals surface area contributed by atoms with Crippen molar-refractivity contribution in [2.45, 2.75) is 20.0 Å². The maximum absolute atomic E-state index is 4.38. The monoisotopic (exact) mass is 264 g/mol. The molecule has 0 aliphatic rings. The largest absolute Gasteiger partial charge is 0.307 e. The van der Waals surface area contributed by atoms with Crippen molar-refractivity contribution in [2.75, 3.05) is 0 Å². The molecule has 100 valence electrons. The second-order valence-electron chi connectivity index (χ2n) is 4.71. The molecule has 0 bridgehead atoms. The van der Waals surface area contributed by atoms with Gasteiger partial charge in [0.1, 0.15) is 5.82 Å². The van der Waals surface area contributed by atoms with Gasteiger partial charge in [0.25, 0.3) is 0 Å². The van der Waals surface area contributed by atoms with Gasteiger partial charge < -0.3 is 5.32 Å². The van der Waals surface area contributed by atoms with E-state index in [1.54, 1.807) is 6.20 Å². The molecule has 3 aromatic rings. The van der Waals surface area contributed by atoms with E-state index in [0.29, 0.717) is 0 Å². The van der Waals surface area contributed by atoms with E-state index in [1.165, 1.54) is 16.3 Å². The first-order valence-corrected chi connectivity index (χ1v) is 6.64. The second-order valence-corrected chi connectivity index (χ2v) is 4.71. The molecular formula is C16H16N4. The third-order valence-electron chi connectivity index (χ3n) is 3.23. The number of fused-ring (bicyclic) bond motifs is 1. The van der Waals surface area contributed by atoms with E-state index in [2.05, 4.69) is 44.5 Å². The van der Waals surface area contributed by atoms with E-state index in [-0.39, 0.29) is 0 Å². The molecule has 0 saturated heterocycles. The number of nitrogens with one attached hydrogen (secondary N) is 1. The fraction of sp³-hybridized carbons (Fsp3) is 0.188. The summed E-state index contributed by atoms with van der Waals surface area (Å²) in [7, 11) is 0. The molecule has 3 rings (SSSR count). The van der Waals surface area contributed by atoms with Gasteiger partial charge in [-0.25, -0.2) is 9.97 Å². The summed E-state index contributed by atoms with van der Waals surface area (Å²) in [6.45, 7) is 3.45. The van der Waals surface area contributed by atoms with Crippen molar-refractivity contribution in [3.8, 4) is 0 Å². The van der Waals surface area contributed by atoms with Gasteiger partial charge in [0.05, 0.1) is 5.69 Å². The molecule has 20 heavy (non-hydrogen) atoms. The molecule has 2 aromatic heterocycles. The van der Waals surface area contributed by atoms with Gasteiger partial charge in [-0.2, -0.15) is 0 Å². The Morgan fingerprint density at radius 2 is 2.00 bits per heavy atom. The van der Waals surface area contributed by atoms with E-state index in [9.17, 15) is 0 Å². The van der Waals surface area contributed by atoms with Gasteiger partial charge in [-0.1, -0.05) is 18.2 Å². The molecule has 0 unspecified atom stereocenters. The predicted molar refractivity (Wildman–Crippen MR) is 79.1 cm³/mol. The summed E-state index contributed by atoms with van der Waals surface area (Å²) in [6.07, 6.45) is 5.52. The Bertz CT molecular complexity index is 719. The minimum absolute atomic E-state index is 0.741. The zero-order chi connectivity index (χ0) is 13.8. The summed E-state index contributed by atoms with van der Waals surface area (Å²) >= 11 is 0. The van der Waals surface area contributed by atoms with Crippen LogP contribution in [0.15, 0.2) is 48.9 Å². The molecular weight excluding hydrogens is 248 g/mol. The molecule has 0 amide bonds. The van der Waals surface area contributed by atoms with E-state index >= 15 is 0 Å². The summed E-state index contributed by atoms with van der Waals surface area (Å²) in [5.41, 5.74) is 2.29. The van der Waals surface area contributed by atoms with Crippen LogP contribution in [0.3, 0.4) is 0 Å². The lowest BCUT2D eigenvalue weighted by molar-refractivity contribution is 0.678. The molecule has 0 aliphatic heterocycles. The topological polar surface area (TPSA) is 50.7 Å². The number of hydrogen-bond donors (Lipinski definition) is 1. The van der Waals surface area contributed by atoms with Crippen molar-refractivity contribution in [1.82, 2.24) is 20.3 Å². The van der Waals surface area contributed by atoms with Crippen LogP contribution in [0.2, 0.25) is 0 Å². The number of aryl methyl sites for hydroxylation is 1. The van der Waals surface area contributed by atoms with Crippen LogP contribution in [0, 0.1) is 6.92 Å². The highest BCUT2D eigenvalue weighted by molar-refractivity contribution is 5.84. The van der Waals surface area contributed by atoms with Crippen LogP contribution in [0.4, 0.5) is 0 Å². The predicted octanol–water partition coefficient (Wildman–Crippen LogP) is 2.62. The van der Waals surface area contributed by atoms with Crippen molar-refractivity contribution in [2.24, 2.45) is 0 Å². The molecule has 0 radical (unpaired) electrons. The molecule has 0 spiro atoms. The van der Waals surface area contributed by atoms with Crippen LogP contribution in [-0.4, -0.2) is 15.0 Å². The quantitative estimate of drug-likeness (QED) is 0.787. The lowest BCUT2D eigenvalue weighted by atomic mass is 10.1. The Morgan fingerprint density at radius 1 is 1.05 bits per heavy atom. The molecule has 1 N–H and O–H groups in total. The number of rotatable bonds is 4. The smallest absolute Gasteiger partial charge is 0.125 e. The van der Waals surface area contributed by atoms with Crippen LogP contribution in [0.25, 0.3) is 10.8 Å². The van der Waals surface area contributed by atoms with Crippen LogP contribution in [-0.2, 0) is 13.1 Å². The Morgan fingerprint density at radius 3 is 2.90 bits per heavy atom. The lowest BCUT2D eigenvalue weighted by Crippen LogP contribution is -2.14. The third kappa shape index (κ3) is 2.81. The van der Waals surface area contributed by atoms with Gasteiger partial charge in [0.2, 0.25) is 0 Å². The SMILES string of the molecule is Cc1nccc(CNCc2cccc3cnccc23)n1. The molecule has 4 heteroatoms.